The molecule has 0 aromatic heterocycles. The maximum absolute atomic E-state index is 14.1. The third-order valence-electron chi connectivity index (χ3n) is 4.22. The molecule has 1 heterocycles. The highest BCUT2D eigenvalue weighted by Gasteiger charge is 2.41. The lowest BCUT2D eigenvalue weighted by Gasteiger charge is -2.21. The van der Waals surface area contributed by atoms with Gasteiger partial charge in [0.25, 0.3) is 0 Å². The van der Waals surface area contributed by atoms with Gasteiger partial charge in [0.05, 0.1) is 11.8 Å². The number of nitrogens with one attached hydrogen (secondary N) is 1. The van der Waals surface area contributed by atoms with Crippen LogP contribution >= 0.6 is 0 Å². The number of carboxylic acid groups (broad SMARTS) is 1. The van der Waals surface area contributed by atoms with E-state index in [9.17, 15) is 14.3 Å². The summed E-state index contributed by atoms with van der Waals surface area (Å²) < 4.78 is 14.1. The summed E-state index contributed by atoms with van der Waals surface area (Å²) in [6.45, 7) is 3.87. The Labute approximate surface area is 133 Å². The number of carbonyl (C=O) groups is 1. The number of hydrogen-bond acceptors (Lipinski definition) is 3. The summed E-state index contributed by atoms with van der Waals surface area (Å²) in [5.74, 6) is -2.43. The van der Waals surface area contributed by atoms with Crippen LogP contribution in [0.2, 0.25) is 0 Å². The molecule has 2 atom stereocenters. The van der Waals surface area contributed by atoms with E-state index >= 15 is 0 Å². The number of halogens is 1. The number of carboxylic acids is 1. The van der Waals surface area contributed by atoms with E-state index in [1.807, 2.05) is 32.0 Å². The van der Waals surface area contributed by atoms with Gasteiger partial charge in [-0.05, 0) is 36.6 Å². The Kier molecular flexibility index (Phi) is 3.86. The predicted octanol–water partition coefficient (Wildman–Crippen LogP) is 3.19. The van der Waals surface area contributed by atoms with Gasteiger partial charge in [0, 0.05) is 5.56 Å². The molecule has 2 aromatic rings. The fourth-order valence-electron chi connectivity index (χ4n) is 3.15. The summed E-state index contributed by atoms with van der Waals surface area (Å²) in [4.78, 5) is 11.9. The number of rotatable bonds is 3. The summed E-state index contributed by atoms with van der Waals surface area (Å²) in [5.41, 5.74) is 6.22. The quantitative estimate of drug-likeness (QED) is 0.915. The lowest BCUT2D eigenvalue weighted by molar-refractivity contribution is -0.139. The fourth-order valence-corrected chi connectivity index (χ4v) is 3.15. The van der Waals surface area contributed by atoms with Crippen LogP contribution in [0, 0.1) is 25.6 Å². The molecule has 2 unspecified atom stereocenters. The van der Waals surface area contributed by atoms with Crippen molar-refractivity contribution in [3.05, 3.63) is 70.5 Å². The third-order valence-corrected chi connectivity index (χ3v) is 4.22. The van der Waals surface area contributed by atoms with Crippen LogP contribution in [-0.4, -0.2) is 16.8 Å². The second-order valence-corrected chi connectivity index (χ2v) is 5.71. The molecular formula is C18H17FN2O2. The van der Waals surface area contributed by atoms with Crippen molar-refractivity contribution in [3.63, 3.8) is 0 Å². The second-order valence-electron chi connectivity index (χ2n) is 5.71. The molecule has 1 aliphatic rings. The topological polar surface area (TPSA) is 61.7 Å². The van der Waals surface area contributed by atoms with Crippen LogP contribution in [0.5, 0.6) is 0 Å². The van der Waals surface area contributed by atoms with Crippen molar-refractivity contribution < 1.29 is 14.3 Å². The van der Waals surface area contributed by atoms with Crippen LogP contribution in [0.25, 0.3) is 0 Å². The Balaban J connectivity index is 2.07. The molecule has 4 nitrogen and oxygen atoms in total. The monoisotopic (exact) mass is 312 g/mol. The summed E-state index contributed by atoms with van der Waals surface area (Å²) in [6.07, 6.45) is 0. The first-order valence-corrected chi connectivity index (χ1v) is 7.37. The molecule has 0 aliphatic carbocycles. The van der Waals surface area contributed by atoms with Crippen molar-refractivity contribution in [1.82, 2.24) is 5.43 Å². The van der Waals surface area contributed by atoms with E-state index < -0.39 is 23.7 Å². The maximum atomic E-state index is 14.1. The van der Waals surface area contributed by atoms with Crippen molar-refractivity contribution in [1.29, 1.82) is 0 Å². The first-order chi connectivity index (χ1) is 11.0. The average molecular weight is 312 g/mol. The van der Waals surface area contributed by atoms with Crippen molar-refractivity contribution >= 4 is 11.7 Å². The number of hydrogen-bond donors (Lipinski definition) is 2. The number of hydrazone groups is 1. The van der Waals surface area contributed by atoms with Gasteiger partial charge >= 0.3 is 5.97 Å². The number of aryl methyl sites for hydroxylation is 2. The Hall–Kier alpha value is -2.69. The van der Waals surface area contributed by atoms with Crippen molar-refractivity contribution in [3.8, 4) is 0 Å². The zero-order valence-corrected chi connectivity index (χ0v) is 12.9. The smallest absolute Gasteiger partial charge is 0.315 e. The lowest BCUT2D eigenvalue weighted by Crippen LogP contribution is -2.30. The molecule has 0 bridgehead atoms. The first-order valence-electron chi connectivity index (χ1n) is 7.37. The number of benzene rings is 2. The largest absolute Gasteiger partial charge is 0.481 e. The SMILES string of the molecule is Cc1cccc(C)c1C1NN=C(c2ccccc2F)C1C(=O)O. The fraction of sp³-hybridized carbons (Fsp3) is 0.222. The van der Waals surface area contributed by atoms with Crippen molar-refractivity contribution in [2.75, 3.05) is 0 Å². The zero-order chi connectivity index (χ0) is 16.6. The van der Waals surface area contributed by atoms with E-state index in [1.54, 1.807) is 18.2 Å². The summed E-state index contributed by atoms with van der Waals surface area (Å²) >= 11 is 0. The lowest BCUT2D eigenvalue weighted by atomic mass is 9.84. The maximum Gasteiger partial charge on any atom is 0.315 e. The van der Waals surface area contributed by atoms with Crippen LogP contribution in [0.3, 0.4) is 0 Å². The molecule has 2 N–H and O–H groups in total. The molecule has 0 amide bonds. The Morgan fingerprint density at radius 1 is 1.13 bits per heavy atom. The molecule has 0 saturated heterocycles. The number of nitrogens with zero attached hydrogens (tertiary/aromatic N) is 1. The molecule has 3 rings (SSSR count). The van der Waals surface area contributed by atoms with Crippen LogP contribution in [0.15, 0.2) is 47.6 Å². The molecule has 23 heavy (non-hydrogen) atoms. The van der Waals surface area contributed by atoms with Crippen LogP contribution in [-0.2, 0) is 4.79 Å². The zero-order valence-electron chi connectivity index (χ0n) is 12.9. The van der Waals surface area contributed by atoms with Gasteiger partial charge in [-0.3, -0.25) is 4.79 Å². The molecule has 1 aliphatic heterocycles. The molecule has 0 spiro atoms. The first kappa shape index (κ1) is 15.2. The minimum Gasteiger partial charge on any atom is -0.481 e. The minimum absolute atomic E-state index is 0.223. The highest BCUT2D eigenvalue weighted by molar-refractivity contribution is 6.13. The highest BCUT2D eigenvalue weighted by Crippen LogP contribution is 2.34. The minimum atomic E-state index is -1.02. The molecule has 0 saturated carbocycles. The molecule has 5 heteroatoms. The van der Waals surface area contributed by atoms with Gasteiger partial charge in [0.2, 0.25) is 0 Å². The Morgan fingerprint density at radius 3 is 2.39 bits per heavy atom. The van der Waals surface area contributed by atoms with Crippen molar-refractivity contribution in [2.24, 2.45) is 11.0 Å². The van der Waals surface area contributed by atoms with Crippen LogP contribution in [0.4, 0.5) is 4.39 Å². The molecule has 118 valence electrons. The van der Waals surface area contributed by atoms with Gasteiger partial charge in [0.15, 0.2) is 0 Å². The van der Waals surface area contributed by atoms with E-state index in [0.29, 0.717) is 0 Å². The van der Waals surface area contributed by atoms with Gasteiger partial charge in [0.1, 0.15) is 11.7 Å². The molecule has 0 radical (unpaired) electrons. The summed E-state index contributed by atoms with van der Waals surface area (Å²) in [6, 6.07) is 11.4. The van der Waals surface area contributed by atoms with Gasteiger partial charge in [-0.2, -0.15) is 5.10 Å². The van der Waals surface area contributed by atoms with E-state index in [1.165, 1.54) is 6.07 Å². The summed E-state index contributed by atoms with van der Waals surface area (Å²) in [5, 5.41) is 13.9. The van der Waals surface area contributed by atoms with Crippen LogP contribution in [0.1, 0.15) is 28.3 Å². The molecular weight excluding hydrogens is 295 g/mol. The second kappa shape index (κ2) is 5.83. The Bertz CT molecular complexity index is 781. The molecule has 0 fully saturated rings. The third kappa shape index (κ3) is 2.59. The Morgan fingerprint density at radius 2 is 1.78 bits per heavy atom. The molecule has 2 aromatic carbocycles. The van der Waals surface area contributed by atoms with E-state index in [-0.39, 0.29) is 11.3 Å². The van der Waals surface area contributed by atoms with Crippen molar-refractivity contribution in [2.45, 2.75) is 19.9 Å². The summed E-state index contributed by atoms with van der Waals surface area (Å²) in [7, 11) is 0. The van der Waals surface area contributed by atoms with Gasteiger partial charge < -0.3 is 10.5 Å². The normalized spacial score (nSPS) is 20.0. The van der Waals surface area contributed by atoms with Gasteiger partial charge in [-0.1, -0.05) is 36.4 Å². The van der Waals surface area contributed by atoms with Gasteiger partial charge in [-0.25, -0.2) is 4.39 Å². The number of aliphatic carboxylic acids is 1. The predicted molar refractivity (Wildman–Crippen MR) is 85.9 cm³/mol. The standard InChI is InChI=1S/C18H17FN2O2/c1-10-6-5-7-11(2)14(10)17-15(18(22)23)16(20-21-17)12-8-3-4-9-13(12)19/h3-9,15,17,21H,1-2H3,(H,22,23). The van der Waals surface area contributed by atoms with Crippen LogP contribution < -0.4 is 5.43 Å². The van der Waals surface area contributed by atoms with Gasteiger partial charge in [-0.15, -0.1) is 0 Å². The van der Waals surface area contributed by atoms with E-state index in [4.69, 9.17) is 0 Å². The van der Waals surface area contributed by atoms with E-state index in [2.05, 4.69) is 10.5 Å². The van der Waals surface area contributed by atoms with E-state index in [0.717, 1.165) is 16.7 Å². The highest BCUT2D eigenvalue weighted by atomic mass is 19.1. The average Bonchev–Trinajstić information content (AvgIpc) is 2.92.